The zero-order chi connectivity index (χ0) is 10.1. The van der Waals surface area contributed by atoms with Crippen LogP contribution in [0.4, 0.5) is 0 Å². The predicted molar refractivity (Wildman–Crippen MR) is 56.0 cm³/mol. The largest absolute Gasteiger partial charge is 0.497 e. The first-order valence-electron chi connectivity index (χ1n) is 4.33. The second-order valence-electron chi connectivity index (χ2n) is 3.14. The van der Waals surface area contributed by atoms with E-state index < -0.39 is 0 Å². The Morgan fingerprint density at radius 2 is 2.36 bits per heavy atom. The van der Waals surface area contributed by atoms with Gasteiger partial charge in [0.25, 0.3) is 0 Å². The number of carbonyl (C=O) groups is 1. The smallest absolute Gasteiger partial charge is 0.181 e. The van der Waals surface area contributed by atoms with E-state index in [1.165, 1.54) is 0 Å². The molecule has 0 saturated heterocycles. The molecule has 0 saturated carbocycles. The van der Waals surface area contributed by atoms with Crippen LogP contribution < -0.4 is 10.5 Å². The van der Waals surface area contributed by atoms with Gasteiger partial charge in [-0.15, -0.1) is 11.8 Å². The summed E-state index contributed by atoms with van der Waals surface area (Å²) in [5, 5.41) is 0. The number of rotatable bonds is 1. The molecular formula is C10H11NO2S. The predicted octanol–water partition coefficient (Wildman–Crippen LogP) is 1.31. The number of benzene rings is 1. The molecule has 2 rings (SSSR count). The number of methoxy groups -OCH3 is 1. The summed E-state index contributed by atoms with van der Waals surface area (Å²) in [5.41, 5.74) is 6.36. The Hall–Kier alpha value is -1.00. The van der Waals surface area contributed by atoms with Crippen LogP contribution in [0.15, 0.2) is 23.1 Å². The van der Waals surface area contributed by atoms with Crippen molar-refractivity contribution in [3.63, 3.8) is 0 Å². The number of ether oxygens (including phenoxy) is 1. The van der Waals surface area contributed by atoms with Gasteiger partial charge in [-0.25, -0.2) is 0 Å². The maximum Gasteiger partial charge on any atom is 0.181 e. The number of hydrogen-bond donors (Lipinski definition) is 1. The molecule has 1 heterocycles. The standard InChI is InChI=1S/C10H11NO2S/c1-13-6-2-3-9-7(4-6)10(12)8(11)5-14-9/h2-4,8H,5,11H2,1H3. The Labute approximate surface area is 86.6 Å². The molecule has 14 heavy (non-hydrogen) atoms. The van der Waals surface area contributed by atoms with E-state index in [0.717, 1.165) is 4.90 Å². The molecule has 1 aromatic carbocycles. The van der Waals surface area contributed by atoms with Gasteiger partial charge >= 0.3 is 0 Å². The molecule has 1 atom stereocenters. The molecule has 0 spiro atoms. The molecule has 1 unspecified atom stereocenters. The summed E-state index contributed by atoms with van der Waals surface area (Å²) in [6, 6.07) is 5.14. The number of hydrogen-bond acceptors (Lipinski definition) is 4. The van der Waals surface area contributed by atoms with E-state index >= 15 is 0 Å². The molecule has 3 nitrogen and oxygen atoms in total. The van der Waals surface area contributed by atoms with Gasteiger partial charge in [-0.3, -0.25) is 4.79 Å². The Morgan fingerprint density at radius 3 is 3.07 bits per heavy atom. The second kappa shape index (κ2) is 3.63. The quantitative estimate of drug-likeness (QED) is 0.757. The number of thioether (sulfide) groups is 1. The molecule has 2 N–H and O–H groups in total. The lowest BCUT2D eigenvalue weighted by molar-refractivity contribution is 0.0964. The zero-order valence-corrected chi connectivity index (χ0v) is 8.64. The van der Waals surface area contributed by atoms with Gasteiger partial charge in [-0.05, 0) is 18.2 Å². The van der Waals surface area contributed by atoms with Gasteiger partial charge in [0.05, 0.1) is 13.2 Å². The van der Waals surface area contributed by atoms with Crippen molar-refractivity contribution >= 4 is 17.5 Å². The highest BCUT2D eigenvalue weighted by Gasteiger charge is 2.25. The Bertz CT molecular complexity index is 378. The minimum atomic E-state index is -0.375. The first-order valence-corrected chi connectivity index (χ1v) is 5.31. The van der Waals surface area contributed by atoms with Crippen molar-refractivity contribution in [1.82, 2.24) is 0 Å². The summed E-state index contributed by atoms with van der Waals surface area (Å²) < 4.78 is 5.06. The van der Waals surface area contributed by atoms with Crippen molar-refractivity contribution in [1.29, 1.82) is 0 Å². The van der Waals surface area contributed by atoms with Crippen molar-refractivity contribution in [2.45, 2.75) is 10.9 Å². The van der Waals surface area contributed by atoms with E-state index in [1.807, 2.05) is 12.1 Å². The molecule has 74 valence electrons. The SMILES string of the molecule is COc1ccc2c(c1)C(=O)C(N)CS2. The fourth-order valence-corrected chi connectivity index (χ4v) is 2.40. The number of ketones is 1. The molecular weight excluding hydrogens is 198 g/mol. The van der Waals surface area contributed by atoms with E-state index in [4.69, 9.17) is 10.5 Å². The van der Waals surface area contributed by atoms with E-state index in [1.54, 1.807) is 24.9 Å². The van der Waals surface area contributed by atoms with Crippen LogP contribution in [0.5, 0.6) is 5.75 Å². The number of fused-ring (bicyclic) bond motifs is 1. The minimum Gasteiger partial charge on any atom is -0.497 e. The van der Waals surface area contributed by atoms with E-state index in [0.29, 0.717) is 17.1 Å². The molecule has 0 fully saturated rings. The van der Waals surface area contributed by atoms with Crippen molar-refractivity contribution in [2.75, 3.05) is 12.9 Å². The fourth-order valence-electron chi connectivity index (χ4n) is 1.41. The zero-order valence-electron chi connectivity index (χ0n) is 7.82. The molecule has 1 aromatic rings. The molecule has 0 bridgehead atoms. The average Bonchev–Trinajstić information content (AvgIpc) is 2.23. The Balaban J connectivity index is 2.46. The summed E-state index contributed by atoms with van der Waals surface area (Å²) in [4.78, 5) is 12.7. The van der Waals surface area contributed by atoms with Gasteiger partial charge in [0.2, 0.25) is 0 Å². The van der Waals surface area contributed by atoms with Crippen LogP contribution in [0.3, 0.4) is 0 Å². The normalized spacial score (nSPS) is 20.4. The van der Waals surface area contributed by atoms with Gasteiger partial charge in [0, 0.05) is 16.2 Å². The summed E-state index contributed by atoms with van der Waals surface area (Å²) in [5.74, 6) is 1.38. The second-order valence-corrected chi connectivity index (χ2v) is 4.21. The lowest BCUT2D eigenvalue weighted by Gasteiger charge is -2.19. The van der Waals surface area contributed by atoms with Crippen molar-refractivity contribution in [3.8, 4) is 5.75 Å². The highest BCUT2D eigenvalue weighted by molar-refractivity contribution is 7.99. The summed E-state index contributed by atoms with van der Waals surface area (Å²) >= 11 is 1.62. The maximum atomic E-state index is 11.7. The Morgan fingerprint density at radius 1 is 1.57 bits per heavy atom. The number of nitrogens with two attached hydrogens (primary N) is 1. The molecule has 4 heteroatoms. The third kappa shape index (κ3) is 1.51. The summed E-state index contributed by atoms with van der Waals surface area (Å²) in [6.07, 6.45) is 0. The third-order valence-electron chi connectivity index (χ3n) is 2.21. The van der Waals surface area contributed by atoms with Crippen LogP contribution in [0.25, 0.3) is 0 Å². The van der Waals surface area contributed by atoms with E-state index in [9.17, 15) is 4.79 Å². The Kier molecular flexibility index (Phi) is 2.48. The van der Waals surface area contributed by atoms with Crippen LogP contribution in [0.2, 0.25) is 0 Å². The fraction of sp³-hybridized carbons (Fsp3) is 0.300. The lowest BCUT2D eigenvalue weighted by atomic mass is 10.1. The summed E-state index contributed by atoms with van der Waals surface area (Å²) in [7, 11) is 1.59. The van der Waals surface area contributed by atoms with Crippen molar-refractivity contribution in [2.24, 2.45) is 5.73 Å². The van der Waals surface area contributed by atoms with Crippen LogP contribution in [0.1, 0.15) is 10.4 Å². The van der Waals surface area contributed by atoms with Crippen molar-refractivity contribution in [3.05, 3.63) is 23.8 Å². The average molecular weight is 209 g/mol. The summed E-state index contributed by atoms with van der Waals surface area (Å²) in [6.45, 7) is 0. The van der Waals surface area contributed by atoms with Crippen LogP contribution in [0, 0.1) is 0 Å². The molecule has 1 aliphatic heterocycles. The van der Waals surface area contributed by atoms with E-state index in [-0.39, 0.29) is 11.8 Å². The monoisotopic (exact) mass is 209 g/mol. The molecule has 0 aliphatic carbocycles. The molecule has 0 aromatic heterocycles. The number of Topliss-reactive ketones (excluding diaryl/α,β-unsaturated/α-hetero) is 1. The van der Waals surface area contributed by atoms with Gasteiger partial charge < -0.3 is 10.5 Å². The van der Waals surface area contributed by atoms with Crippen LogP contribution >= 0.6 is 11.8 Å². The lowest BCUT2D eigenvalue weighted by Crippen LogP contribution is -2.35. The van der Waals surface area contributed by atoms with Gasteiger partial charge in [-0.1, -0.05) is 0 Å². The maximum absolute atomic E-state index is 11.7. The van der Waals surface area contributed by atoms with E-state index in [2.05, 4.69) is 0 Å². The topological polar surface area (TPSA) is 52.3 Å². The first kappa shape index (κ1) is 9.55. The van der Waals surface area contributed by atoms with Gasteiger partial charge in [-0.2, -0.15) is 0 Å². The molecule has 0 amide bonds. The first-order chi connectivity index (χ1) is 6.72. The van der Waals surface area contributed by atoms with Crippen LogP contribution in [-0.2, 0) is 0 Å². The van der Waals surface area contributed by atoms with Gasteiger partial charge in [0.1, 0.15) is 5.75 Å². The van der Waals surface area contributed by atoms with Crippen LogP contribution in [-0.4, -0.2) is 24.7 Å². The number of carbonyl (C=O) groups excluding carboxylic acids is 1. The third-order valence-corrected chi connectivity index (χ3v) is 3.40. The minimum absolute atomic E-state index is 0.0117. The van der Waals surface area contributed by atoms with Crippen molar-refractivity contribution < 1.29 is 9.53 Å². The molecule has 1 aliphatic rings. The molecule has 0 radical (unpaired) electrons. The van der Waals surface area contributed by atoms with Gasteiger partial charge in [0.15, 0.2) is 5.78 Å². The highest BCUT2D eigenvalue weighted by atomic mass is 32.2. The highest BCUT2D eigenvalue weighted by Crippen LogP contribution is 2.31.